The normalized spacial score (nSPS) is 15.7. The maximum atomic E-state index is 13.6. The summed E-state index contributed by atoms with van der Waals surface area (Å²) in [5, 5.41) is 12.6. The van der Waals surface area contributed by atoms with Crippen molar-refractivity contribution < 1.29 is 31.9 Å². The van der Waals surface area contributed by atoms with E-state index in [1.54, 1.807) is 6.92 Å². The highest BCUT2D eigenvalue weighted by Gasteiger charge is 2.45. The molecule has 0 aliphatic heterocycles. The van der Waals surface area contributed by atoms with Crippen LogP contribution in [-0.4, -0.2) is 30.0 Å². The Balaban J connectivity index is 3.00. The summed E-state index contributed by atoms with van der Waals surface area (Å²) in [7, 11) is 0. The number of urea groups is 1. The number of amides is 2. The lowest BCUT2D eigenvalue weighted by molar-refractivity contribution is -0.156. The minimum atomic E-state index is -5.09. The van der Waals surface area contributed by atoms with E-state index in [1.807, 2.05) is 0 Å². The van der Waals surface area contributed by atoms with Gasteiger partial charge in [0.2, 0.25) is 0 Å². The second-order valence-corrected chi connectivity index (χ2v) is 5.18. The zero-order valence-corrected chi connectivity index (χ0v) is 12.4. The van der Waals surface area contributed by atoms with E-state index in [9.17, 15) is 26.7 Å². The first-order valence-electron chi connectivity index (χ1n) is 6.76. The van der Waals surface area contributed by atoms with E-state index in [1.165, 1.54) is 12.2 Å². The van der Waals surface area contributed by atoms with Gasteiger partial charge in [0.25, 0.3) is 0 Å². The number of halogens is 5. The Morgan fingerprint density at radius 1 is 1.17 bits per heavy atom. The summed E-state index contributed by atoms with van der Waals surface area (Å²) >= 11 is 0. The minimum Gasteiger partial charge on any atom is -0.396 e. The topological polar surface area (TPSA) is 61.4 Å². The molecule has 0 aliphatic rings. The van der Waals surface area contributed by atoms with Crippen LogP contribution < -0.4 is 10.6 Å². The Labute approximate surface area is 129 Å². The molecule has 0 aliphatic carbocycles. The van der Waals surface area contributed by atoms with Gasteiger partial charge < -0.3 is 15.7 Å². The van der Waals surface area contributed by atoms with Gasteiger partial charge in [0.15, 0.2) is 6.04 Å². The molecule has 0 saturated carbocycles. The number of carbonyl (C=O) groups excluding carboxylic acids is 1. The minimum absolute atomic E-state index is 0.286. The predicted octanol–water partition coefficient (Wildman–Crippen LogP) is 2.88. The van der Waals surface area contributed by atoms with Crippen LogP contribution in [0.1, 0.15) is 25.5 Å². The lowest BCUT2D eigenvalue weighted by Gasteiger charge is -2.25. The van der Waals surface area contributed by atoms with Gasteiger partial charge in [-0.25, -0.2) is 13.6 Å². The molecule has 0 radical (unpaired) electrons. The van der Waals surface area contributed by atoms with Gasteiger partial charge >= 0.3 is 12.2 Å². The first-order valence-corrected chi connectivity index (χ1v) is 6.76. The summed E-state index contributed by atoms with van der Waals surface area (Å²) in [5.41, 5.74) is -1.28. The van der Waals surface area contributed by atoms with Crippen molar-refractivity contribution in [2.24, 2.45) is 5.92 Å². The quantitative estimate of drug-likeness (QED) is 0.722. The Hall–Kier alpha value is -1.90. The predicted molar refractivity (Wildman–Crippen MR) is 72.5 cm³/mol. The highest BCUT2D eigenvalue weighted by molar-refractivity contribution is 5.75. The maximum Gasteiger partial charge on any atom is 0.413 e. The molecule has 0 spiro atoms. The first kappa shape index (κ1) is 19.1. The molecule has 0 fully saturated rings. The van der Waals surface area contributed by atoms with E-state index < -0.39 is 47.4 Å². The van der Waals surface area contributed by atoms with Crippen molar-refractivity contribution in [1.82, 2.24) is 10.6 Å². The Morgan fingerprint density at radius 2 is 1.70 bits per heavy atom. The average Bonchev–Trinajstić information content (AvgIpc) is 2.43. The van der Waals surface area contributed by atoms with Crippen molar-refractivity contribution in [1.29, 1.82) is 0 Å². The molecular weight excluding hydrogens is 323 g/mol. The first-order chi connectivity index (χ1) is 10.6. The van der Waals surface area contributed by atoms with E-state index in [0.717, 1.165) is 6.07 Å². The summed E-state index contributed by atoms with van der Waals surface area (Å²) in [6, 6.07) is -2.45. The third-order valence-corrected chi connectivity index (χ3v) is 3.39. The number of benzene rings is 1. The van der Waals surface area contributed by atoms with Crippen molar-refractivity contribution in [3.8, 4) is 0 Å². The molecule has 3 atom stereocenters. The van der Waals surface area contributed by atoms with E-state index >= 15 is 0 Å². The van der Waals surface area contributed by atoms with Crippen molar-refractivity contribution in [3.05, 3.63) is 35.4 Å². The van der Waals surface area contributed by atoms with Crippen LogP contribution in [0.4, 0.5) is 26.7 Å². The van der Waals surface area contributed by atoms with Crippen LogP contribution in [0, 0.1) is 17.6 Å². The molecular formula is C14H17F5N2O2. The molecule has 4 nitrogen and oxygen atoms in total. The molecule has 2 amide bonds. The fraction of sp³-hybridized carbons (Fsp3) is 0.500. The fourth-order valence-electron chi connectivity index (χ4n) is 1.78. The Bertz CT molecular complexity index is 530. The zero-order chi connectivity index (χ0) is 17.8. The average molecular weight is 340 g/mol. The molecule has 0 bridgehead atoms. The fourth-order valence-corrected chi connectivity index (χ4v) is 1.78. The number of alkyl halides is 3. The number of rotatable bonds is 5. The van der Waals surface area contributed by atoms with Crippen LogP contribution in [0.5, 0.6) is 0 Å². The Kier molecular flexibility index (Phi) is 6.31. The molecule has 3 N–H and O–H groups in total. The number of hydrogen-bond donors (Lipinski definition) is 3. The maximum absolute atomic E-state index is 13.6. The molecule has 1 aromatic carbocycles. The van der Waals surface area contributed by atoms with Gasteiger partial charge in [-0.15, -0.1) is 0 Å². The highest BCUT2D eigenvalue weighted by Crippen LogP contribution is 2.35. The van der Waals surface area contributed by atoms with Crippen LogP contribution in [0.25, 0.3) is 0 Å². The van der Waals surface area contributed by atoms with E-state index in [-0.39, 0.29) is 6.61 Å². The molecule has 1 aromatic rings. The van der Waals surface area contributed by atoms with E-state index in [2.05, 4.69) is 5.32 Å². The summed E-state index contributed by atoms with van der Waals surface area (Å²) in [4.78, 5) is 11.7. The van der Waals surface area contributed by atoms with E-state index in [4.69, 9.17) is 5.11 Å². The van der Waals surface area contributed by atoms with Crippen molar-refractivity contribution >= 4 is 6.03 Å². The second kappa shape index (κ2) is 7.58. The lowest BCUT2D eigenvalue weighted by atomic mass is 10.0. The molecule has 130 valence electrons. The van der Waals surface area contributed by atoms with Gasteiger partial charge in [-0.2, -0.15) is 13.2 Å². The van der Waals surface area contributed by atoms with Crippen LogP contribution in [0.15, 0.2) is 18.2 Å². The summed E-state index contributed by atoms with van der Waals surface area (Å²) < 4.78 is 66.4. The third-order valence-electron chi connectivity index (χ3n) is 3.39. The smallest absolute Gasteiger partial charge is 0.396 e. The standard InChI is InChI=1S/C14H17F5N2O2/c1-7(6-22)8(2)20-13(23)21-12(14(17,18)19)11-9(15)4-3-5-10(11)16/h3-5,7-8,12,22H,6H2,1-2H3,(H2,20,21,23)/t7-,8+,12-/m1/s1. The zero-order valence-electron chi connectivity index (χ0n) is 12.4. The highest BCUT2D eigenvalue weighted by atomic mass is 19.4. The molecule has 0 unspecified atom stereocenters. The number of hydrogen-bond acceptors (Lipinski definition) is 2. The molecule has 0 heterocycles. The van der Waals surface area contributed by atoms with Gasteiger partial charge in [0, 0.05) is 12.6 Å². The molecule has 1 rings (SSSR count). The number of nitrogens with one attached hydrogen (secondary N) is 2. The van der Waals surface area contributed by atoms with Gasteiger partial charge in [-0.05, 0) is 25.0 Å². The summed E-state index contributed by atoms with van der Waals surface area (Å²) in [5.74, 6) is -3.23. The van der Waals surface area contributed by atoms with Gasteiger partial charge in [0.05, 0.1) is 5.56 Å². The van der Waals surface area contributed by atoms with Gasteiger partial charge in [-0.1, -0.05) is 13.0 Å². The van der Waals surface area contributed by atoms with Crippen LogP contribution >= 0.6 is 0 Å². The van der Waals surface area contributed by atoms with Crippen molar-refractivity contribution in [2.75, 3.05) is 6.61 Å². The Morgan fingerprint density at radius 3 is 2.13 bits per heavy atom. The van der Waals surface area contributed by atoms with Crippen molar-refractivity contribution in [3.63, 3.8) is 0 Å². The van der Waals surface area contributed by atoms with E-state index in [0.29, 0.717) is 12.1 Å². The lowest BCUT2D eigenvalue weighted by Crippen LogP contribution is -2.48. The SMILES string of the molecule is C[C@H](CO)[C@H](C)NC(=O)N[C@H](c1c(F)cccc1F)C(F)(F)F. The summed E-state index contributed by atoms with van der Waals surface area (Å²) in [6.07, 6.45) is -5.09. The number of aliphatic hydroxyl groups is 1. The second-order valence-electron chi connectivity index (χ2n) is 5.18. The molecule has 9 heteroatoms. The van der Waals surface area contributed by atoms with Crippen LogP contribution in [0.2, 0.25) is 0 Å². The monoisotopic (exact) mass is 340 g/mol. The molecule has 23 heavy (non-hydrogen) atoms. The largest absolute Gasteiger partial charge is 0.413 e. The van der Waals surface area contributed by atoms with Crippen molar-refractivity contribution in [2.45, 2.75) is 32.1 Å². The molecule has 0 saturated heterocycles. The third kappa shape index (κ3) is 5.05. The van der Waals surface area contributed by atoms with Crippen LogP contribution in [0.3, 0.4) is 0 Å². The summed E-state index contributed by atoms with van der Waals surface area (Å²) in [6.45, 7) is 2.77. The van der Waals surface area contributed by atoms with Gasteiger partial charge in [0.1, 0.15) is 11.6 Å². The number of aliphatic hydroxyl groups excluding tert-OH is 1. The van der Waals surface area contributed by atoms with Gasteiger partial charge in [-0.3, -0.25) is 0 Å². The molecule has 0 aromatic heterocycles. The van der Waals surface area contributed by atoms with Crippen LogP contribution in [-0.2, 0) is 0 Å². The number of carbonyl (C=O) groups is 1.